The summed E-state index contributed by atoms with van der Waals surface area (Å²) >= 11 is 0. The van der Waals surface area contributed by atoms with Crippen LogP contribution in [-0.4, -0.2) is 36.4 Å². The molecule has 0 fully saturated rings. The summed E-state index contributed by atoms with van der Waals surface area (Å²) in [7, 11) is 1.71. The number of hydrogen-bond donors (Lipinski definition) is 1. The third-order valence-corrected chi connectivity index (χ3v) is 3.04. The summed E-state index contributed by atoms with van der Waals surface area (Å²) in [4.78, 5) is 4.34. The maximum Gasteiger partial charge on any atom is 0.207 e. The number of benzene rings is 1. The number of aromatic nitrogens is 2. The lowest BCUT2D eigenvalue weighted by molar-refractivity contribution is 0.197. The zero-order chi connectivity index (χ0) is 14.9. The van der Waals surface area contributed by atoms with Gasteiger partial charge in [-0.1, -0.05) is 6.92 Å². The van der Waals surface area contributed by atoms with E-state index in [1.54, 1.807) is 13.3 Å². The zero-order valence-electron chi connectivity index (χ0n) is 12.7. The Hall–Kier alpha value is -2.01. The van der Waals surface area contributed by atoms with Gasteiger partial charge in [0.05, 0.1) is 6.61 Å². The van der Waals surface area contributed by atoms with Crippen LogP contribution in [0.2, 0.25) is 0 Å². The molecule has 0 saturated heterocycles. The summed E-state index contributed by atoms with van der Waals surface area (Å²) in [6, 6.07) is 8.04. The van der Waals surface area contributed by atoms with Gasteiger partial charge < -0.3 is 14.8 Å². The molecule has 0 bridgehead atoms. The lowest BCUT2D eigenvalue weighted by atomic mass is 10.3. The van der Waals surface area contributed by atoms with Crippen molar-refractivity contribution >= 4 is 5.95 Å². The van der Waals surface area contributed by atoms with E-state index < -0.39 is 0 Å². The van der Waals surface area contributed by atoms with Crippen LogP contribution >= 0.6 is 0 Å². The van der Waals surface area contributed by atoms with Gasteiger partial charge in [0.1, 0.15) is 5.75 Å². The van der Waals surface area contributed by atoms with Gasteiger partial charge in [0.2, 0.25) is 5.95 Å². The maximum atomic E-state index is 5.60. The van der Waals surface area contributed by atoms with E-state index in [0.29, 0.717) is 0 Å². The fourth-order valence-electron chi connectivity index (χ4n) is 1.98. The Kier molecular flexibility index (Phi) is 6.09. The van der Waals surface area contributed by atoms with Gasteiger partial charge >= 0.3 is 0 Å². The number of imidazole rings is 1. The number of nitrogens with one attached hydrogen (secondary N) is 1. The van der Waals surface area contributed by atoms with Crippen LogP contribution in [0.25, 0.3) is 5.69 Å². The minimum atomic E-state index is 0.747. The Morgan fingerprint density at radius 3 is 2.71 bits per heavy atom. The van der Waals surface area contributed by atoms with Crippen LogP contribution in [0.5, 0.6) is 5.75 Å². The van der Waals surface area contributed by atoms with Crippen LogP contribution in [0.3, 0.4) is 0 Å². The van der Waals surface area contributed by atoms with E-state index in [0.717, 1.165) is 50.0 Å². The van der Waals surface area contributed by atoms with Gasteiger partial charge in [0.25, 0.3) is 0 Å². The van der Waals surface area contributed by atoms with Crippen LogP contribution < -0.4 is 10.1 Å². The quantitative estimate of drug-likeness (QED) is 0.721. The number of hydrogen-bond acceptors (Lipinski definition) is 4. The van der Waals surface area contributed by atoms with Crippen molar-refractivity contribution in [1.82, 2.24) is 9.55 Å². The second kappa shape index (κ2) is 8.32. The summed E-state index contributed by atoms with van der Waals surface area (Å²) in [5.41, 5.74) is 1.06. The van der Waals surface area contributed by atoms with Gasteiger partial charge in [-0.15, -0.1) is 0 Å². The Morgan fingerprint density at radius 1 is 1.19 bits per heavy atom. The minimum absolute atomic E-state index is 0.747. The van der Waals surface area contributed by atoms with E-state index in [1.165, 1.54) is 0 Å². The van der Waals surface area contributed by atoms with Gasteiger partial charge in [-0.05, 0) is 37.1 Å². The molecule has 0 radical (unpaired) electrons. The molecule has 1 heterocycles. The maximum absolute atomic E-state index is 5.60. The van der Waals surface area contributed by atoms with Crippen molar-refractivity contribution < 1.29 is 9.47 Å². The highest BCUT2D eigenvalue weighted by Crippen LogP contribution is 2.18. The van der Waals surface area contributed by atoms with Crippen LogP contribution in [-0.2, 0) is 4.74 Å². The van der Waals surface area contributed by atoms with Gasteiger partial charge in [-0.2, -0.15) is 0 Å². The van der Waals surface area contributed by atoms with Crippen molar-refractivity contribution in [3.63, 3.8) is 0 Å². The van der Waals surface area contributed by atoms with E-state index in [1.807, 2.05) is 35.0 Å². The molecule has 114 valence electrons. The Bertz CT molecular complexity index is 523. The molecule has 21 heavy (non-hydrogen) atoms. The van der Waals surface area contributed by atoms with Crippen molar-refractivity contribution in [3.05, 3.63) is 36.7 Å². The van der Waals surface area contributed by atoms with Crippen molar-refractivity contribution in [2.24, 2.45) is 0 Å². The molecular formula is C16H23N3O2. The molecule has 0 aliphatic heterocycles. The average molecular weight is 289 g/mol. The van der Waals surface area contributed by atoms with Crippen molar-refractivity contribution in [2.75, 3.05) is 32.2 Å². The number of anilines is 1. The van der Waals surface area contributed by atoms with E-state index >= 15 is 0 Å². The normalized spacial score (nSPS) is 10.6. The monoisotopic (exact) mass is 289 g/mol. The molecule has 2 aromatic rings. The third kappa shape index (κ3) is 4.49. The van der Waals surface area contributed by atoms with E-state index in [-0.39, 0.29) is 0 Å². The van der Waals surface area contributed by atoms with Crippen LogP contribution in [0.4, 0.5) is 5.95 Å². The lowest BCUT2D eigenvalue weighted by Crippen LogP contribution is -2.09. The molecule has 0 unspecified atom stereocenters. The Labute approximate surface area is 125 Å². The number of nitrogens with zero attached hydrogens (tertiary/aromatic N) is 2. The predicted octanol–water partition coefficient (Wildman–Crippen LogP) is 3.11. The first-order valence-electron chi connectivity index (χ1n) is 7.34. The molecule has 1 aromatic carbocycles. The molecule has 2 rings (SSSR count). The molecule has 0 atom stereocenters. The molecule has 5 heteroatoms. The second-order valence-electron chi connectivity index (χ2n) is 4.74. The Morgan fingerprint density at radius 2 is 2.00 bits per heavy atom. The topological polar surface area (TPSA) is 48.3 Å². The van der Waals surface area contributed by atoms with Gasteiger partial charge in [0.15, 0.2) is 0 Å². The molecule has 0 aliphatic carbocycles. The van der Waals surface area contributed by atoms with Gasteiger partial charge in [-0.3, -0.25) is 4.57 Å². The first-order valence-corrected chi connectivity index (χ1v) is 7.34. The summed E-state index contributed by atoms with van der Waals surface area (Å²) in [6.45, 7) is 4.43. The molecule has 0 amide bonds. The summed E-state index contributed by atoms with van der Waals surface area (Å²) in [5, 5.41) is 3.32. The lowest BCUT2D eigenvalue weighted by Gasteiger charge is -2.11. The molecule has 5 nitrogen and oxygen atoms in total. The number of methoxy groups -OCH3 is 1. The predicted molar refractivity (Wildman–Crippen MR) is 84.3 cm³/mol. The fourth-order valence-corrected chi connectivity index (χ4v) is 1.98. The third-order valence-electron chi connectivity index (χ3n) is 3.04. The van der Waals surface area contributed by atoms with Crippen LogP contribution in [0.15, 0.2) is 36.7 Å². The van der Waals surface area contributed by atoms with E-state index in [4.69, 9.17) is 9.47 Å². The largest absolute Gasteiger partial charge is 0.494 e. The highest BCUT2D eigenvalue weighted by Gasteiger charge is 2.04. The number of ether oxygens (including phenoxy) is 2. The molecule has 0 saturated carbocycles. The smallest absolute Gasteiger partial charge is 0.207 e. The van der Waals surface area contributed by atoms with Gasteiger partial charge in [0, 0.05) is 38.3 Å². The van der Waals surface area contributed by atoms with Crippen LogP contribution in [0.1, 0.15) is 19.8 Å². The first-order chi connectivity index (χ1) is 10.3. The zero-order valence-corrected chi connectivity index (χ0v) is 12.7. The van der Waals surface area contributed by atoms with Gasteiger partial charge in [-0.25, -0.2) is 4.98 Å². The van der Waals surface area contributed by atoms with E-state index in [9.17, 15) is 0 Å². The summed E-state index contributed by atoms with van der Waals surface area (Å²) in [6.07, 6.45) is 5.70. The Balaban J connectivity index is 1.99. The second-order valence-corrected chi connectivity index (χ2v) is 4.74. The SMILES string of the molecule is CCCOc1ccc(-n2ccnc2NCCCOC)cc1. The summed E-state index contributed by atoms with van der Waals surface area (Å²) in [5.74, 6) is 1.74. The number of rotatable bonds is 9. The standard InChI is InChI=1S/C16H23N3O2/c1-3-12-21-15-7-5-14(6-8-15)19-11-10-18-16(19)17-9-4-13-20-2/h5-8,10-11H,3-4,9,12-13H2,1-2H3,(H,17,18). The first kappa shape index (κ1) is 15.4. The average Bonchev–Trinajstić information content (AvgIpc) is 2.98. The highest BCUT2D eigenvalue weighted by atomic mass is 16.5. The van der Waals surface area contributed by atoms with Crippen LogP contribution in [0, 0.1) is 0 Å². The molecule has 1 aromatic heterocycles. The summed E-state index contributed by atoms with van der Waals surface area (Å²) < 4.78 is 12.7. The molecule has 0 aliphatic rings. The van der Waals surface area contributed by atoms with Crippen molar-refractivity contribution in [1.29, 1.82) is 0 Å². The highest BCUT2D eigenvalue weighted by molar-refractivity contribution is 5.44. The van der Waals surface area contributed by atoms with E-state index in [2.05, 4.69) is 17.2 Å². The molecule has 0 spiro atoms. The minimum Gasteiger partial charge on any atom is -0.494 e. The molecular weight excluding hydrogens is 266 g/mol. The van der Waals surface area contributed by atoms with Crippen molar-refractivity contribution in [3.8, 4) is 11.4 Å². The van der Waals surface area contributed by atoms with Crippen molar-refractivity contribution in [2.45, 2.75) is 19.8 Å². The molecule has 1 N–H and O–H groups in total. The fraction of sp³-hybridized carbons (Fsp3) is 0.438.